The molecule has 1 rings (SSSR count). The summed E-state index contributed by atoms with van der Waals surface area (Å²) in [5.41, 5.74) is 0.730. The Hall–Kier alpha value is -1.62. The third-order valence-electron chi connectivity index (χ3n) is 2.49. The van der Waals surface area contributed by atoms with Crippen LogP contribution in [0.15, 0.2) is 18.2 Å². The summed E-state index contributed by atoms with van der Waals surface area (Å²) >= 11 is 0. The van der Waals surface area contributed by atoms with Gasteiger partial charge in [-0.2, -0.15) is 0 Å². The smallest absolute Gasteiger partial charge is 0.239 e. The fourth-order valence-electron chi connectivity index (χ4n) is 1.73. The number of carbonyl (C=O) groups is 1. The molecule has 1 aromatic rings. The van der Waals surface area contributed by atoms with Crippen molar-refractivity contribution in [3.8, 4) is 0 Å². The highest BCUT2D eigenvalue weighted by Gasteiger charge is 2.14. The SMILES string of the molecule is CC(C)NC(=O)CN(C)c1cccc(F)c1CO. The van der Waals surface area contributed by atoms with E-state index in [-0.39, 0.29) is 24.1 Å². The number of halogens is 1. The molecule has 0 fully saturated rings. The van der Waals surface area contributed by atoms with Gasteiger partial charge in [-0.3, -0.25) is 4.79 Å². The predicted octanol–water partition coefficient (Wildman–Crippen LogP) is 1.28. The van der Waals surface area contributed by atoms with Gasteiger partial charge in [-0.1, -0.05) is 6.07 Å². The van der Waals surface area contributed by atoms with Crippen LogP contribution in [0.5, 0.6) is 0 Å². The summed E-state index contributed by atoms with van der Waals surface area (Å²) in [6.07, 6.45) is 0. The number of nitrogens with one attached hydrogen (secondary N) is 1. The van der Waals surface area contributed by atoms with Crippen molar-refractivity contribution in [3.63, 3.8) is 0 Å². The molecule has 2 N–H and O–H groups in total. The van der Waals surface area contributed by atoms with E-state index >= 15 is 0 Å². The Morgan fingerprint density at radius 1 is 1.50 bits per heavy atom. The van der Waals surface area contributed by atoms with Crippen LogP contribution in [0.4, 0.5) is 10.1 Å². The number of carbonyl (C=O) groups excluding carboxylic acids is 1. The minimum Gasteiger partial charge on any atom is -0.391 e. The first-order chi connectivity index (χ1) is 8.45. The van der Waals surface area contributed by atoms with E-state index in [2.05, 4.69) is 5.32 Å². The topological polar surface area (TPSA) is 52.6 Å². The molecular weight excluding hydrogens is 235 g/mol. The zero-order valence-electron chi connectivity index (χ0n) is 10.9. The number of hydrogen-bond acceptors (Lipinski definition) is 3. The summed E-state index contributed by atoms with van der Waals surface area (Å²) in [6, 6.07) is 4.59. The molecule has 0 heterocycles. The highest BCUT2D eigenvalue weighted by atomic mass is 19.1. The van der Waals surface area contributed by atoms with E-state index in [1.165, 1.54) is 6.07 Å². The Labute approximate surface area is 106 Å². The molecule has 0 unspecified atom stereocenters. The number of likely N-dealkylation sites (N-methyl/N-ethyl adjacent to an activating group) is 1. The van der Waals surface area contributed by atoms with Crippen molar-refractivity contribution in [1.82, 2.24) is 5.32 Å². The van der Waals surface area contributed by atoms with Crippen molar-refractivity contribution in [1.29, 1.82) is 0 Å². The average Bonchev–Trinajstić information content (AvgIpc) is 2.27. The summed E-state index contributed by atoms with van der Waals surface area (Å²) in [5.74, 6) is -0.605. The standard InChI is InChI=1S/C13H19FN2O2/c1-9(2)15-13(18)7-16(3)12-6-4-5-11(14)10(12)8-17/h4-6,9,17H,7-8H2,1-3H3,(H,15,18). The fourth-order valence-corrected chi connectivity index (χ4v) is 1.73. The maximum Gasteiger partial charge on any atom is 0.239 e. The largest absolute Gasteiger partial charge is 0.391 e. The Morgan fingerprint density at radius 2 is 2.17 bits per heavy atom. The van der Waals surface area contributed by atoms with Gasteiger partial charge in [-0.05, 0) is 26.0 Å². The molecule has 0 aromatic heterocycles. The molecule has 1 aromatic carbocycles. The molecule has 0 aliphatic rings. The van der Waals surface area contributed by atoms with Gasteiger partial charge in [0.05, 0.1) is 13.2 Å². The van der Waals surface area contributed by atoms with Gasteiger partial charge in [0.25, 0.3) is 0 Å². The van der Waals surface area contributed by atoms with Gasteiger partial charge >= 0.3 is 0 Å². The molecule has 0 spiro atoms. The molecule has 0 saturated heterocycles. The molecule has 0 radical (unpaired) electrons. The lowest BCUT2D eigenvalue weighted by atomic mass is 10.1. The van der Waals surface area contributed by atoms with Crippen LogP contribution in [-0.4, -0.2) is 30.6 Å². The van der Waals surface area contributed by atoms with Gasteiger partial charge in [0.15, 0.2) is 0 Å². The lowest BCUT2D eigenvalue weighted by molar-refractivity contribution is -0.120. The van der Waals surface area contributed by atoms with Gasteiger partial charge in [0.2, 0.25) is 5.91 Å². The molecule has 4 nitrogen and oxygen atoms in total. The van der Waals surface area contributed by atoms with Crippen LogP contribution >= 0.6 is 0 Å². The number of aliphatic hydroxyl groups excluding tert-OH is 1. The summed E-state index contributed by atoms with van der Waals surface area (Å²) < 4.78 is 13.5. The van der Waals surface area contributed by atoms with E-state index < -0.39 is 12.4 Å². The van der Waals surface area contributed by atoms with Crippen molar-refractivity contribution in [3.05, 3.63) is 29.6 Å². The van der Waals surface area contributed by atoms with E-state index in [9.17, 15) is 9.18 Å². The van der Waals surface area contributed by atoms with Crippen molar-refractivity contribution in [2.45, 2.75) is 26.5 Å². The Morgan fingerprint density at radius 3 is 2.72 bits per heavy atom. The van der Waals surface area contributed by atoms with Gasteiger partial charge in [-0.25, -0.2) is 4.39 Å². The second-order valence-electron chi connectivity index (χ2n) is 4.47. The predicted molar refractivity (Wildman–Crippen MR) is 68.9 cm³/mol. The van der Waals surface area contributed by atoms with Gasteiger partial charge in [0.1, 0.15) is 5.82 Å². The van der Waals surface area contributed by atoms with E-state index in [4.69, 9.17) is 5.11 Å². The van der Waals surface area contributed by atoms with Crippen LogP contribution in [0, 0.1) is 5.82 Å². The lowest BCUT2D eigenvalue weighted by Gasteiger charge is -2.22. The summed E-state index contributed by atoms with van der Waals surface area (Å²) in [6.45, 7) is 3.48. The molecule has 0 aliphatic heterocycles. The Kier molecular flexibility index (Phi) is 5.09. The van der Waals surface area contributed by atoms with Crippen LogP contribution in [-0.2, 0) is 11.4 Å². The van der Waals surface area contributed by atoms with Crippen LogP contribution in [0.1, 0.15) is 19.4 Å². The number of amides is 1. The molecular formula is C13H19FN2O2. The van der Waals surface area contributed by atoms with Gasteiger partial charge in [-0.15, -0.1) is 0 Å². The third-order valence-corrected chi connectivity index (χ3v) is 2.49. The summed E-state index contributed by atoms with van der Waals surface area (Å²) in [7, 11) is 1.69. The zero-order valence-corrected chi connectivity index (χ0v) is 10.9. The van der Waals surface area contributed by atoms with E-state index in [0.717, 1.165) is 0 Å². The average molecular weight is 254 g/mol. The maximum atomic E-state index is 13.5. The molecule has 18 heavy (non-hydrogen) atoms. The van der Waals surface area contributed by atoms with Crippen molar-refractivity contribution in [2.24, 2.45) is 0 Å². The number of hydrogen-bond donors (Lipinski definition) is 2. The fraction of sp³-hybridized carbons (Fsp3) is 0.462. The second kappa shape index (κ2) is 6.35. The van der Waals surface area contributed by atoms with Crippen LogP contribution in [0.3, 0.4) is 0 Å². The first-order valence-corrected chi connectivity index (χ1v) is 5.84. The minimum absolute atomic E-state index is 0.0655. The van der Waals surface area contributed by atoms with Crippen LogP contribution in [0.25, 0.3) is 0 Å². The van der Waals surface area contributed by atoms with Gasteiger partial charge in [0, 0.05) is 24.3 Å². The highest BCUT2D eigenvalue weighted by Crippen LogP contribution is 2.21. The molecule has 0 aliphatic carbocycles. The number of nitrogens with zero attached hydrogens (tertiary/aromatic N) is 1. The van der Waals surface area contributed by atoms with Crippen LogP contribution < -0.4 is 10.2 Å². The van der Waals surface area contributed by atoms with Crippen molar-refractivity contribution < 1.29 is 14.3 Å². The molecule has 0 atom stereocenters. The first kappa shape index (κ1) is 14.4. The zero-order chi connectivity index (χ0) is 13.7. The van der Waals surface area contributed by atoms with E-state index in [0.29, 0.717) is 5.69 Å². The quantitative estimate of drug-likeness (QED) is 0.832. The minimum atomic E-state index is -0.467. The monoisotopic (exact) mass is 254 g/mol. The number of anilines is 1. The second-order valence-corrected chi connectivity index (χ2v) is 4.47. The number of aliphatic hydroxyl groups is 1. The maximum absolute atomic E-state index is 13.5. The van der Waals surface area contributed by atoms with Crippen LogP contribution in [0.2, 0.25) is 0 Å². The third kappa shape index (κ3) is 3.70. The number of rotatable bonds is 5. The molecule has 0 saturated carbocycles. The summed E-state index contributed by atoms with van der Waals surface area (Å²) in [4.78, 5) is 13.2. The molecule has 0 bridgehead atoms. The molecule has 1 amide bonds. The highest BCUT2D eigenvalue weighted by molar-refractivity contribution is 5.81. The van der Waals surface area contributed by atoms with E-state index in [1.54, 1.807) is 24.1 Å². The Bertz CT molecular complexity index is 421. The van der Waals surface area contributed by atoms with Gasteiger partial charge < -0.3 is 15.3 Å². The number of benzene rings is 1. The van der Waals surface area contributed by atoms with Crippen molar-refractivity contribution in [2.75, 3.05) is 18.5 Å². The lowest BCUT2D eigenvalue weighted by Crippen LogP contribution is -2.38. The molecule has 100 valence electrons. The van der Waals surface area contributed by atoms with E-state index in [1.807, 2.05) is 13.8 Å². The Balaban J connectivity index is 2.81. The first-order valence-electron chi connectivity index (χ1n) is 5.84. The van der Waals surface area contributed by atoms with Crippen molar-refractivity contribution >= 4 is 11.6 Å². The molecule has 5 heteroatoms. The normalized spacial score (nSPS) is 10.6. The summed E-state index contributed by atoms with van der Waals surface area (Å²) in [5, 5.41) is 11.9.